The second-order valence-electron chi connectivity index (χ2n) is 5.92. The molecule has 9 heteroatoms. The molecule has 1 aromatic heterocycles. The van der Waals surface area contributed by atoms with Crippen molar-refractivity contribution in [2.45, 2.75) is 31.0 Å². The molecule has 0 unspecified atom stereocenters. The summed E-state index contributed by atoms with van der Waals surface area (Å²) in [6, 6.07) is 10.8. The molecule has 3 aromatic rings. The van der Waals surface area contributed by atoms with Gasteiger partial charge >= 0.3 is 0 Å². The number of hydrogen-bond donors (Lipinski definition) is 2. The van der Waals surface area contributed by atoms with E-state index in [1.807, 2.05) is 24.5 Å². The molecule has 0 atom stereocenters. The molecule has 2 amide bonds. The minimum atomic E-state index is -2.52. The minimum absolute atomic E-state index is 0.242. The Morgan fingerprint density at radius 1 is 1.07 bits per heavy atom. The third kappa shape index (κ3) is 4.30. The predicted octanol–water partition coefficient (Wildman–Crippen LogP) is 3.75. The molecular formula is C19H18F2N4O2S. The van der Waals surface area contributed by atoms with E-state index in [9.17, 15) is 18.4 Å². The fourth-order valence-electron chi connectivity index (χ4n) is 2.84. The molecule has 0 radical (unpaired) electrons. The van der Waals surface area contributed by atoms with Crippen LogP contribution in [0.1, 0.15) is 33.5 Å². The van der Waals surface area contributed by atoms with Gasteiger partial charge < -0.3 is 4.57 Å². The summed E-state index contributed by atoms with van der Waals surface area (Å²) in [6.07, 6.45) is 0. The van der Waals surface area contributed by atoms with Crippen LogP contribution in [-0.2, 0) is 6.54 Å². The first-order valence-corrected chi connectivity index (χ1v) is 9.39. The van der Waals surface area contributed by atoms with Gasteiger partial charge in [0, 0.05) is 22.6 Å². The maximum absolute atomic E-state index is 12.3. The standard InChI is InChI=1S/C19H18F2N4O2S/c1-3-25-11(2)22-15-10-13(6-9-16(15)25)18(27)24-23-17(26)12-4-7-14(8-5-12)28-19(20)21/h4-10,19H,3H2,1-2H3,(H,23,26)(H,24,27). The Morgan fingerprint density at radius 2 is 1.68 bits per heavy atom. The highest BCUT2D eigenvalue weighted by Crippen LogP contribution is 2.25. The lowest BCUT2D eigenvalue weighted by atomic mass is 10.2. The van der Waals surface area contributed by atoms with Gasteiger partial charge in [-0.05, 0) is 56.3 Å². The van der Waals surface area contributed by atoms with Crippen LogP contribution in [0.4, 0.5) is 8.78 Å². The van der Waals surface area contributed by atoms with Gasteiger partial charge in [-0.3, -0.25) is 20.4 Å². The topological polar surface area (TPSA) is 76.0 Å². The number of imidazole rings is 1. The molecule has 0 saturated heterocycles. The highest BCUT2D eigenvalue weighted by atomic mass is 32.2. The van der Waals surface area contributed by atoms with Crippen molar-refractivity contribution in [1.29, 1.82) is 0 Å². The largest absolute Gasteiger partial charge is 0.329 e. The molecule has 0 fully saturated rings. The Labute approximate surface area is 164 Å². The van der Waals surface area contributed by atoms with Crippen molar-refractivity contribution in [3.8, 4) is 0 Å². The molecule has 0 saturated carbocycles. The van der Waals surface area contributed by atoms with Gasteiger partial charge in [-0.25, -0.2) is 4.98 Å². The average molecular weight is 404 g/mol. The number of carbonyl (C=O) groups is 2. The van der Waals surface area contributed by atoms with Gasteiger partial charge in [0.05, 0.1) is 11.0 Å². The van der Waals surface area contributed by atoms with E-state index in [2.05, 4.69) is 15.8 Å². The van der Waals surface area contributed by atoms with Crippen molar-refractivity contribution >= 4 is 34.6 Å². The molecule has 3 rings (SSSR count). The Hall–Kier alpha value is -2.94. The minimum Gasteiger partial charge on any atom is -0.329 e. The van der Waals surface area contributed by atoms with E-state index in [1.165, 1.54) is 24.3 Å². The molecule has 2 aromatic carbocycles. The van der Waals surface area contributed by atoms with Crippen LogP contribution in [0.2, 0.25) is 0 Å². The maximum atomic E-state index is 12.3. The number of benzene rings is 2. The monoisotopic (exact) mass is 404 g/mol. The number of thioether (sulfide) groups is 1. The second-order valence-corrected chi connectivity index (χ2v) is 6.98. The maximum Gasteiger partial charge on any atom is 0.288 e. The van der Waals surface area contributed by atoms with Crippen LogP contribution in [0.5, 0.6) is 0 Å². The van der Waals surface area contributed by atoms with Gasteiger partial charge in [0.1, 0.15) is 5.82 Å². The van der Waals surface area contributed by atoms with Crippen molar-refractivity contribution in [2.75, 3.05) is 0 Å². The average Bonchev–Trinajstić information content (AvgIpc) is 2.99. The summed E-state index contributed by atoms with van der Waals surface area (Å²) in [5.74, 6) is -2.70. The number of halogens is 2. The SMILES string of the molecule is CCn1c(C)nc2cc(C(=O)NNC(=O)c3ccc(SC(F)F)cc3)ccc21. The number of hydrazine groups is 1. The van der Waals surface area contributed by atoms with Gasteiger partial charge in [-0.15, -0.1) is 0 Å². The molecule has 0 aliphatic carbocycles. The third-order valence-corrected chi connectivity index (χ3v) is 4.87. The molecule has 146 valence electrons. The second kappa shape index (κ2) is 8.39. The van der Waals surface area contributed by atoms with Crippen LogP contribution in [0.15, 0.2) is 47.4 Å². The van der Waals surface area contributed by atoms with Crippen LogP contribution in [0.25, 0.3) is 11.0 Å². The quantitative estimate of drug-likeness (QED) is 0.502. The fraction of sp³-hybridized carbons (Fsp3) is 0.211. The number of nitrogens with zero attached hydrogens (tertiary/aromatic N) is 2. The predicted molar refractivity (Wildman–Crippen MR) is 103 cm³/mol. The zero-order chi connectivity index (χ0) is 20.3. The van der Waals surface area contributed by atoms with Crippen LogP contribution in [0, 0.1) is 6.92 Å². The lowest BCUT2D eigenvalue weighted by molar-refractivity contribution is 0.0846. The van der Waals surface area contributed by atoms with Crippen molar-refractivity contribution in [1.82, 2.24) is 20.4 Å². The van der Waals surface area contributed by atoms with Gasteiger partial charge in [-0.2, -0.15) is 8.78 Å². The van der Waals surface area contributed by atoms with E-state index < -0.39 is 17.6 Å². The normalized spacial score (nSPS) is 11.0. The first-order chi connectivity index (χ1) is 13.4. The van der Waals surface area contributed by atoms with Crippen LogP contribution in [-0.4, -0.2) is 27.1 Å². The number of aromatic nitrogens is 2. The molecule has 1 heterocycles. The highest BCUT2D eigenvalue weighted by molar-refractivity contribution is 7.99. The summed E-state index contributed by atoms with van der Waals surface area (Å²) in [7, 11) is 0. The highest BCUT2D eigenvalue weighted by Gasteiger charge is 2.13. The molecule has 0 aliphatic heterocycles. The van der Waals surface area contributed by atoms with E-state index >= 15 is 0 Å². The molecule has 0 aliphatic rings. The lowest BCUT2D eigenvalue weighted by Crippen LogP contribution is -2.41. The number of amides is 2. The molecule has 6 nitrogen and oxygen atoms in total. The number of hydrogen-bond acceptors (Lipinski definition) is 4. The summed E-state index contributed by atoms with van der Waals surface area (Å²) < 4.78 is 26.7. The van der Waals surface area contributed by atoms with Gasteiger partial charge in [-0.1, -0.05) is 11.8 Å². The van der Waals surface area contributed by atoms with E-state index in [-0.39, 0.29) is 5.56 Å². The van der Waals surface area contributed by atoms with E-state index in [4.69, 9.17) is 0 Å². The molecule has 2 N–H and O–H groups in total. The Bertz CT molecular complexity index is 1020. The number of nitrogens with one attached hydrogen (secondary N) is 2. The number of fused-ring (bicyclic) bond motifs is 1. The summed E-state index contributed by atoms with van der Waals surface area (Å²) in [5, 5.41) is 0. The lowest BCUT2D eigenvalue weighted by Gasteiger charge is -2.08. The smallest absolute Gasteiger partial charge is 0.288 e. The van der Waals surface area contributed by atoms with Gasteiger partial charge in [0.15, 0.2) is 0 Å². The first-order valence-electron chi connectivity index (χ1n) is 8.51. The van der Waals surface area contributed by atoms with Gasteiger partial charge in [0.25, 0.3) is 17.6 Å². The molecule has 28 heavy (non-hydrogen) atoms. The number of aryl methyl sites for hydroxylation is 2. The summed E-state index contributed by atoms with van der Waals surface area (Å²) in [6.45, 7) is 4.69. The molecular weight excluding hydrogens is 386 g/mol. The number of alkyl halides is 2. The fourth-order valence-corrected chi connectivity index (χ4v) is 3.34. The number of carbonyl (C=O) groups excluding carboxylic acids is 2. The number of rotatable bonds is 5. The van der Waals surface area contributed by atoms with Crippen LogP contribution >= 0.6 is 11.8 Å². The van der Waals surface area contributed by atoms with Crippen molar-refractivity contribution in [3.05, 3.63) is 59.4 Å². The Balaban J connectivity index is 1.64. The van der Waals surface area contributed by atoms with E-state index in [0.717, 1.165) is 17.9 Å². The van der Waals surface area contributed by atoms with E-state index in [0.29, 0.717) is 27.7 Å². The van der Waals surface area contributed by atoms with Crippen molar-refractivity contribution in [3.63, 3.8) is 0 Å². The Morgan fingerprint density at radius 3 is 2.29 bits per heavy atom. The Kier molecular flexibility index (Phi) is 5.93. The molecule has 0 bridgehead atoms. The third-order valence-electron chi connectivity index (χ3n) is 4.15. The first kappa shape index (κ1) is 19.8. The zero-order valence-electron chi connectivity index (χ0n) is 15.2. The zero-order valence-corrected chi connectivity index (χ0v) is 16.0. The summed E-state index contributed by atoms with van der Waals surface area (Å²) in [4.78, 5) is 29.2. The van der Waals surface area contributed by atoms with Crippen LogP contribution in [0.3, 0.4) is 0 Å². The summed E-state index contributed by atoms with van der Waals surface area (Å²) in [5.41, 5.74) is 6.89. The van der Waals surface area contributed by atoms with Crippen molar-refractivity contribution < 1.29 is 18.4 Å². The van der Waals surface area contributed by atoms with Gasteiger partial charge in [0.2, 0.25) is 0 Å². The van der Waals surface area contributed by atoms with Crippen molar-refractivity contribution in [2.24, 2.45) is 0 Å². The molecule has 0 spiro atoms. The van der Waals surface area contributed by atoms with Crippen LogP contribution < -0.4 is 10.9 Å². The van der Waals surface area contributed by atoms with E-state index in [1.54, 1.807) is 12.1 Å². The summed E-state index contributed by atoms with van der Waals surface area (Å²) >= 11 is 0.397.